The molecule has 0 aromatic heterocycles. The maximum atomic E-state index is 13.3. The van der Waals surface area contributed by atoms with Crippen molar-refractivity contribution in [3.05, 3.63) is 59.7 Å². The number of aliphatic hydroxyl groups excluding tert-OH is 4. The summed E-state index contributed by atoms with van der Waals surface area (Å²) in [4.78, 5) is 40.0. The van der Waals surface area contributed by atoms with Gasteiger partial charge < -0.3 is 40.5 Å². The van der Waals surface area contributed by atoms with Crippen LogP contribution in [0.15, 0.2) is 48.5 Å². The van der Waals surface area contributed by atoms with Gasteiger partial charge in [-0.05, 0) is 43.7 Å². The molecule has 2 aliphatic rings. The van der Waals surface area contributed by atoms with Crippen LogP contribution in [0.2, 0.25) is 0 Å². The zero-order valence-corrected chi connectivity index (χ0v) is 20.9. The van der Waals surface area contributed by atoms with Crippen LogP contribution in [0.1, 0.15) is 29.8 Å². The highest BCUT2D eigenvalue weighted by atomic mass is 16.7. The first-order chi connectivity index (χ1) is 18.0. The Bertz CT molecular complexity index is 1190. The molecule has 2 aromatic carbocycles. The molecule has 1 fully saturated rings. The molecular formula is C26H31N3O9. The van der Waals surface area contributed by atoms with Crippen LogP contribution < -0.4 is 10.6 Å². The summed E-state index contributed by atoms with van der Waals surface area (Å²) in [7, 11) is 0. The molecule has 2 heterocycles. The van der Waals surface area contributed by atoms with E-state index in [0.29, 0.717) is 16.9 Å². The van der Waals surface area contributed by atoms with Gasteiger partial charge in [-0.2, -0.15) is 0 Å². The predicted molar refractivity (Wildman–Crippen MR) is 134 cm³/mol. The first kappa shape index (κ1) is 27.6. The number of rotatable bonds is 7. The Morgan fingerprint density at radius 2 is 1.68 bits per heavy atom. The molecule has 5 atom stereocenters. The van der Waals surface area contributed by atoms with Crippen LogP contribution in [0.4, 0.5) is 16.2 Å². The number of nitrogens with one attached hydrogen (secondary N) is 2. The highest BCUT2D eigenvalue weighted by Crippen LogP contribution is 2.36. The molecule has 2 aromatic rings. The summed E-state index contributed by atoms with van der Waals surface area (Å²) in [5.74, 6) is -1.05. The van der Waals surface area contributed by atoms with Crippen molar-refractivity contribution < 1.29 is 44.3 Å². The van der Waals surface area contributed by atoms with E-state index in [1.165, 1.54) is 6.07 Å². The van der Waals surface area contributed by atoms with Gasteiger partial charge in [-0.15, -0.1) is 0 Å². The third-order valence-corrected chi connectivity index (χ3v) is 6.68. The number of para-hydroxylation sites is 1. The lowest BCUT2D eigenvalue weighted by Crippen LogP contribution is -2.59. The molecule has 0 aliphatic carbocycles. The van der Waals surface area contributed by atoms with Crippen LogP contribution in [0.5, 0.6) is 0 Å². The predicted octanol–water partition coefficient (Wildman–Crippen LogP) is 0.407. The number of hydrogen-bond donors (Lipinski definition) is 6. The van der Waals surface area contributed by atoms with E-state index in [1.54, 1.807) is 50.2 Å². The zero-order valence-electron chi connectivity index (χ0n) is 20.9. The number of carbonyl (C=O) groups is 3. The number of ether oxygens (including phenoxy) is 2. The lowest BCUT2D eigenvalue weighted by molar-refractivity contribution is -0.301. The molecule has 1 saturated heterocycles. The Hall–Kier alpha value is -3.39. The number of nitrogens with zero attached hydrogens (tertiary/aromatic N) is 1. The second kappa shape index (κ2) is 11.2. The van der Waals surface area contributed by atoms with E-state index in [2.05, 4.69) is 10.6 Å². The number of amides is 4. The minimum absolute atomic E-state index is 0.193. The number of fused-ring (bicyclic) bond motifs is 1. The average molecular weight is 530 g/mol. The van der Waals surface area contributed by atoms with Crippen molar-refractivity contribution in [1.29, 1.82) is 0 Å². The SMILES string of the molecule is CC1(C)C(=O)N(CCO[C@@H]2O[C@H](CO)[C@@H](O)[C@H](O)[C@H]2O)C(=O)c2cc(NC(=O)Nc3ccccc3)ccc21. The van der Waals surface area contributed by atoms with E-state index in [1.807, 2.05) is 6.07 Å². The Morgan fingerprint density at radius 3 is 2.37 bits per heavy atom. The van der Waals surface area contributed by atoms with Crippen molar-refractivity contribution in [1.82, 2.24) is 4.90 Å². The summed E-state index contributed by atoms with van der Waals surface area (Å²) < 4.78 is 10.8. The van der Waals surface area contributed by atoms with Crippen LogP contribution in [0.3, 0.4) is 0 Å². The molecule has 0 saturated carbocycles. The first-order valence-corrected chi connectivity index (χ1v) is 12.1. The van der Waals surface area contributed by atoms with Gasteiger partial charge in [0.15, 0.2) is 6.29 Å². The molecule has 0 spiro atoms. The standard InChI is InChI=1S/C26H31N3O9/c1-26(2)17-9-8-15(28-25(36)27-14-6-4-3-5-7-14)12-16(17)22(34)29(24(26)35)10-11-37-23-21(33)20(32)19(31)18(13-30)38-23/h3-9,12,18-21,23,30-33H,10-11,13H2,1-2H3,(H2,27,28,36)/t18-,19-,20+,21-,23-/m1/s1. The topological polar surface area (TPSA) is 178 Å². The normalized spacial score (nSPS) is 26.6. The molecule has 4 amide bonds. The van der Waals surface area contributed by atoms with Gasteiger partial charge in [0.2, 0.25) is 5.91 Å². The van der Waals surface area contributed by atoms with Gasteiger partial charge in [0.05, 0.1) is 25.2 Å². The minimum Gasteiger partial charge on any atom is -0.394 e. The largest absolute Gasteiger partial charge is 0.394 e. The molecule has 6 N–H and O–H groups in total. The Labute approximate surface area is 218 Å². The Kier molecular flexibility index (Phi) is 8.11. The van der Waals surface area contributed by atoms with E-state index in [9.17, 15) is 34.8 Å². The molecule has 204 valence electrons. The molecule has 0 radical (unpaired) electrons. The molecule has 4 rings (SSSR count). The fraction of sp³-hybridized carbons (Fsp3) is 0.423. The van der Waals surface area contributed by atoms with Gasteiger partial charge in [-0.1, -0.05) is 24.3 Å². The van der Waals surface area contributed by atoms with E-state index >= 15 is 0 Å². The van der Waals surface area contributed by atoms with Crippen LogP contribution >= 0.6 is 0 Å². The number of urea groups is 1. The molecule has 12 nitrogen and oxygen atoms in total. The van der Waals surface area contributed by atoms with Crippen molar-refractivity contribution >= 4 is 29.2 Å². The summed E-state index contributed by atoms with van der Waals surface area (Å²) in [6, 6.07) is 13.1. The Morgan fingerprint density at radius 1 is 1.00 bits per heavy atom. The minimum atomic E-state index is -1.61. The highest BCUT2D eigenvalue weighted by molar-refractivity contribution is 6.13. The number of imide groups is 1. The number of benzene rings is 2. The van der Waals surface area contributed by atoms with Gasteiger partial charge in [-0.3, -0.25) is 14.5 Å². The summed E-state index contributed by atoms with van der Waals surface area (Å²) in [5.41, 5.74) is 0.633. The van der Waals surface area contributed by atoms with Crippen LogP contribution in [-0.2, 0) is 19.7 Å². The third-order valence-electron chi connectivity index (χ3n) is 6.68. The van der Waals surface area contributed by atoms with Crippen molar-refractivity contribution in [3.63, 3.8) is 0 Å². The fourth-order valence-electron chi connectivity index (χ4n) is 4.52. The monoisotopic (exact) mass is 529 g/mol. The average Bonchev–Trinajstić information content (AvgIpc) is 2.90. The van der Waals surface area contributed by atoms with Crippen molar-refractivity contribution in [2.75, 3.05) is 30.4 Å². The lowest BCUT2D eigenvalue weighted by Gasteiger charge is -2.40. The van der Waals surface area contributed by atoms with E-state index in [4.69, 9.17) is 9.47 Å². The van der Waals surface area contributed by atoms with Crippen molar-refractivity contribution in [3.8, 4) is 0 Å². The lowest BCUT2D eigenvalue weighted by atomic mass is 9.77. The van der Waals surface area contributed by atoms with Gasteiger partial charge in [0.1, 0.15) is 24.4 Å². The maximum absolute atomic E-state index is 13.3. The van der Waals surface area contributed by atoms with E-state index in [-0.39, 0.29) is 18.7 Å². The third kappa shape index (κ3) is 5.41. The van der Waals surface area contributed by atoms with E-state index in [0.717, 1.165) is 4.90 Å². The summed E-state index contributed by atoms with van der Waals surface area (Å²) in [6.45, 7) is 2.31. The quantitative estimate of drug-likeness (QED) is 0.277. The Balaban J connectivity index is 1.45. The fourth-order valence-corrected chi connectivity index (χ4v) is 4.52. The molecule has 2 aliphatic heterocycles. The zero-order chi connectivity index (χ0) is 27.6. The second-order valence-electron chi connectivity index (χ2n) is 9.66. The second-order valence-corrected chi connectivity index (χ2v) is 9.66. The highest BCUT2D eigenvalue weighted by Gasteiger charge is 2.46. The number of hydrogen-bond acceptors (Lipinski definition) is 9. The molecule has 38 heavy (non-hydrogen) atoms. The maximum Gasteiger partial charge on any atom is 0.323 e. The van der Waals surface area contributed by atoms with Gasteiger partial charge in [0, 0.05) is 16.9 Å². The van der Waals surface area contributed by atoms with E-state index < -0.39 is 60.6 Å². The van der Waals surface area contributed by atoms with Gasteiger partial charge in [-0.25, -0.2) is 4.79 Å². The van der Waals surface area contributed by atoms with Crippen LogP contribution in [0, 0.1) is 0 Å². The van der Waals surface area contributed by atoms with Crippen molar-refractivity contribution in [2.45, 2.75) is 50.0 Å². The number of carbonyl (C=O) groups excluding carboxylic acids is 3. The summed E-state index contributed by atoms with van der Waals surface area (Å²) >= 11 is 0. The summed E-state index contributed by atoms with van der Waals surface area (Å²) in [6.07, 6.45) is -7.28. The molecular weight excluding hydrogens is 498 g/mol. The van der Waals surface area contributed by atoms with Crippen LogP contribution in [-0.4, -0.2) is 93.6 Å². The molecule has 0 unspecified atom stereocenters. The van der Waals surface area contributed by atoms with Gasteiger partial charge >= 0.3 is 6.03 Å². The smallest absolute Gasteiger partial charge is 0.323 e. The first-order valence-electron chi connectivity index (χ1n) is 12.1. The molecule has 0 bridgehead atoms. The number of anilines is 2. The number of aliphatic hydroxyl groups is 4. The van der Waals surface area contributed by atoms with Crippen LogP contribution in [0.25, 0.3) is 0 Å². The van der Waals surface area contributed by atoms with Gasteiger partial charge in [0.25, 0.3) is 5.91 Å². The molecule has 12 heteroatoms. The van der Waals surface area contributed by atoms with Crippen molar-refractivity contribution in [2.24, 2.45) is 0 Å². The summed E-state index contributed by atoms with van der Waals surface area (Å²) in [5, 5.41) is 44.7.